The van der Waals surface area contributed by atoms with Gasteiger partial charge in [-0.1, -0.05) is 18.6 Å². The molecule has 0 bridgehead atoms. The molecule has 2 aliphatic rings. The lowest BCUT2D eigenvalue weighted by Crippen LogP contribution is -2.39. The Hall–Kier alpha value is -2.04. The van der Waals surface area contributed by atoms with Crippen molar-refractivity contribution in [1.29, 1.82) is 0 Å². The zero-order chi connectivity index (χ0) is 17.2. The summed E-state index contributed by atoms with van der Waals surface area (Å²) in [7, 11) is 3.07. The highest BCUT2D eigenvalue weighted by Crippen LogP contribution is 2.47. The summed E-state index contributed by atoms with van der Waals surface area (Å²) in [5.41, 5.74) is 0.741. The summed E-state index contributed by atoms with van der Waals surface area (Å²) in [6.45, 7) is 1.38. The molecule has 1 aliphatic carbocycles. The van der Waals surface area contributed by atoms with E-state index in [1.807, 2.05) is 29.2 Å². The molecule has 5 heteroatoms. The number of ether oxygens (including phenoxy) is 2. The maximum Gasteiger partial charge on any atom is 0.308 e. The third-order valence-corrected chi connectivity index (χ3v) is 5.51. The van der Waals surface area contributed by atoms with Crippen LogP contribution in [0.25, 0.3) is 0 Å². The van der Waals surface area contributed by atoms with Gasteiger partial charge >= 0.3 is 5.97 Å². The van der Waals surface area contributed by atoms with Crippen molar-refractivity contribution in [2.75, 3.05) is 20.8 Å². The monoisotopic (exact) mass is 331 g/mol. The Morgan fingerprint density at radius 3 is 2.67 bits per heavy atom. The van der Waals surface area contributed by atoms with E-state index in [2.05, 4.69) is 0 Å². The summed E-state index contributed by atoms with van der Waals surface area (Å²) < 4.78 is 10.1. The maximum atomic E-state index is 13.0. The molecule has 0 aromatic heterocycles. The fraction of sp³-hybridized carbons (Fsp3) is 0.579. The van der Waals surface area contributed by atoms with E-state index in [9.17, 15) is 9.59 Å². The molecule has 1 amide bonds. The van der Waals surface area contributed by atoms with Gasteiger partial charge in [0.1, 0.15) is 5.75 Å². The molecule has 1 heterocycles. The lowest BCUT2D eigenvalue weighted by Gasteiger charge is -2.35. The molecule has 5 nitrogen and oxygen atoms in total. The third-order valence-electron chi connectivity index (χ3n) is 5.51. The minimum Gasteiger partial charge on any atom is -0.497 e. The molecule has 2 fully saturated rings. The van der Waals surface area contributed by atoms with Crippen molar-refractivity contribution in [3.63, 3.8) is 0 Å². The Labute approximate surface area is 142 Å². The summed E-state index contributed by atoms with van der Waals surface area (Å²) >= 11 is 0. The number of hydrogen-bond donors (Lipinski definition) is 0. The van der Waals surface area contributed by atoms with Gasteiger partial charge in [-0.25, -0.2) is 0 Å². The average molecular weight is 331 g/mol. The minimum absolute atomic E-state index is 0.131. The molecule has 1 saturated heterocycles. The molecule has 0 unspecified atom stereocenters. The van der Waals surface area contributed by atoms with Crippen LogP contribution in [-0.4, -0.2) is 37.5 Å². The Balaban J connectivity index is 1.68. The van der Waals surface area contributed by atoms with E-state index in [4.69, 9.17) is 9.47 Å². The molecule has 130 valence electrons. The van der Waals surface area contributed by atoms with Crippen molar-refractivity contribution in [2.45, 2.75) is 38.6 Å². The van der Waals surface area contributed by atoms with Crippen LogP contribution < -0.4 is 4.74 Å². The number of benzene rings is 1. The molecule has 1 saturated carbocycles. The molecule has 1 aliphatic heterocycles. The van der Waals surface area contributed by atoms with Crippen LogP contribution in [-0.2, 0) is 20.9 Å². The van der Waals surface area contributed by atoms with Gasteiger partial charge in [0.2, 0.25) is 5.91 Å². The van der Waals surface area contributed by atoms with Crippen LogP contribution in [0.4, 0.5) is 0 Å². The molecule has 0 N–H and O–H groups in total. The number of carbonyl (C=O) groups excluding carboxylic acids is 2. The molecule has 1 spiro atoms. The second kappa shape index (κ2) is 6.83. The number of nitrogens with zero attached hydrogens (tertiary/aromatic N) is 1. The van der Waals surface area contributed by atoms with Crippen molar-refractivity contribution in [2.24, 2.45) is 11.3 Å². The first kappa shape index (κ1) is 16.8. The Bertz CT molecular complexity index is 612. The number of esters is 1. The van der Waals surface area contributed by atoms with Gasteiger partial charge in [0.15, 0.2) is 0 Å². The fourth-order valence-electron chi connectivity index (χ4n) is 4.15. The number of likely N-dealkylation sites (tertiary alicyclic amines) is 1. The molecular weight excluding hydrogens is 306 g/mol. The largest absolute Gasteiger partial charge is 0.497 e. The van der Waals surface area contributed by atoms with Crippen LogP contribution in [0.5, 0.6) is 5.75 Å². The van der Waals surface area contributed by atoms with Crippen LogP contribution in [0.3, 0.4) is 0 Å². The van der Waals surface area contributed by atoms with Gasteiger partial charge in [-0.3, -0.25) is 9.59 Å². The average Bonchev–Trinajstić information content (AvgIpc) is 2.91. The van der Waals surface area contributed by atoms with E-state index in [1.54, 1.807) is 7.11 Å². The van der Waals surface area contributed by atoms with E-state index in [1.165, 1.54) is 7.11 Å². The summed E-state index contributed by atoms with van der Waals surface area (Å²) in [5, 5.41) is 0. The highest BCUT2D eigenvalue weighted by atomic mass is 16.5. The molecule has 3 rings (SSSR count). The van der Waals surface area contributed by atoms with Gasteiger partial charge in [0.25, 0.3) is 0 Å². The van der Waals surface area contributed by atoms with E-state index in [0.29, 0.717) is 13.0 Å². The number of rotatable bonds is 4. The van der Waals surface area contributed by atoms with Gasteiger partial charge in [0, 0.05) is 13.1 Å². The summed E-state index contributed by atoms with van der Waals surface area (Å²) in [6.07, 6.45) is 4.12. The number of carbonyl (C=O) groups is 2. The highest BCUT2D eigenvalue weighted by Gasteiger charge is 2.50. The highest BCUT2D eigenvalue weighted by molar-refractivity contribution is 5.86. The Kier molecular flexibility index (Phi) is 4.78. The normalized spacial score (nSPS) is 26.7. The third kappa shape index (κ3) is 3.12. The second-order valence-corrected chi connectivity index (χ2v) is 6.92. The zero-order valence-electron chi connectivity index (χ0n) is 14.4. The Morgan fingerprint density at radius 1 is 1.25 bits per heavy atom. The Morgan fingerprint density at radius 2 is 2.00 bits per heavy atom. The summed E-state index contributed by atoms with van der Waals surface area (Å²) in [5.74, 6) is 0.715. The number of hydrogen-bond acceptors (Lipinski definition) is 4. The van der Waals surface area contributed by atoms with Gasteiger partial charge in [0.05, 0.1) is 25.6 Å². The number of methoxy groups -OCH3 is 2. The van der Waals surface area contributed by atoms with E-state index < -0.39 is 0 Å². The second-order valence-electron chi connectivity index (χ2n) is 6.92. The first-order valence-corrected chi connectivity index (χ1v) is 8.58. The predicted octanol–water partition coefficient (Wildman–Crippen LogP) is 2.78. The SMILES string of the molecule is COC(=O)[C@H]1CCC[C@]2(CCN(Cc3ccc(OC)cc3)C2=O)C1. The van der Waals surface area contributed by atoms with Gasteiger partial charge in [-0.15, -0.1) is 0 Å². The van der Waals surface area contributed by atoms with Crippen LogP contribution >= 0.6 is 0 Å². The smallest absolute Gasteiger partial charge is 0.308 e. The zero-order valence-corrected chi connectivity index (χ0v) is 14.4. The van der Waals surface area contributed by atoms with Crippen molar-refractivity contribution < 1.29 is 19.1 Å². The molecule has 2 atom stereocenters. The maximum absolute atomic E-state index is 13.0. The first-order chi connectivity index (χ1) is 11.6. The van der Waals surface area contributed by atoms with Crippen molar-refractivity contribution in [3.05, 3.63) is 29.8 Å². The van der Waals surface area contributed by atoms with Crippen molar-refractivity contribution in [3.8, 4) is 5.75 Å². The van der Waals surface area contributed by atoms with Crippen LogP contribution in [0.1, 0.15) is 37.7 Å². The fourth-order valence-corrected chi connectivity index (χ4v) is 4.15. The van der Waals surface area contributed by atoms with E-state index >= 15 is 0 Å². The van der Waals surface area contributed by atoms with E-state index in [-0.39, 0.29) is 23.2 Å². The molecular formula is C19H25NO4. The lowest BCUT2D eigenvalue weighted by atomic mass is 9.68. The van der Waals surface area contributed by atoms with Crippen LogP contribution in [0, 0.1) is 11.3 Å². The van der Waals surface area contributed by atoms with Gasteiger partial charge < -0.3 is 14.4 Å². The van der Waals surface area contributed by atoms with Gasteiger partial charge in [-0.2, -0.15) is 0 Å². The van der Waals surface area contributed by atoms with Crippen LogP contribution in [0.15, 0.2) is 24.3 Å². The molecule has 24 heavy (non-hydrogen) atoms. The first-order valence-electron chi connectivity index (χ1n) is 8.58. The summed E-state index contributed by atoms with van der Waals surface area (Å²) in [6, 6.07) is 7.82. The summed E-state index contributed by atoms with van der Waals surface area (Å²) in [4.78, 5) is 26.8. The van der Waals surface area contributed by atoms with Crippen LogP contribution in [0.2, 0.25) is 0 Å². The van der Waals surface area contributed by atoms with Crippen molar-refractivity contribution >= 4 is 11.9 Å². The quantitative estimate of drug-likeness (QED) is 0.796. The van der Waals surface area contributed by atoms with Crippen molar-refractivity contribution in [1.82, 2.24) is 4.90 Å². The van der Waals surface area contributed by atoms with Gasteiger partial charge in [-0.05, 0) is 43.4 Å². The molecule has 0 radical (unpaired) electrons. The lowest BCUT2D eigenvalue weighted by molar-refractivity contribution is -0.150. The minimum atomic E-state index is -0.358. The molecule has 1 aromatic rings. The predicted molar refractivity (Wildman–Crippen MR) is 89.4 cm³/mol. The topological polar surface area (TPSA) is 55.8 Å². The molecule has 1 aromatic carbocycles. The van der Waals surface area contributed by atoms with E-state index in [0.717, 1.165) is 43.5 Å². The number of amides is 1. The standard InChI is InChI=1S/C19H25NO4/c1-23-16-7-5-14(6-8-16)13-20-11-10-19(18(20)22)9-3-4-15(12-19)17(21)24-2/h5-8,15H,3-4,9-13H2,1-2H3/t15-,19-/m0/s1.